The van der Waals surface area contributed by atoms with Gasteiger partial charge in [-0.1, -0.05) is 58.8 Å². The number of aryl methyl sites for hydroxylation is 1. The fourth-order valence-corrected chi connectivity index (χ4v) is 5.60. The molecule has 37 heavy (non-hydrogen) atoms. The third-order valence-electron chi connectivity index (χ3n) is 6.12. The molecule has 2 heterocycles. The van der Waals surface area contributed by atoms with E-state index in [0.717, 1.165) is 10.3 Å². The molecule has 1 saturated heterocycles. The summed E-state index contributed by atoms with van der Waals surface area (Å²) in [4.78, 5) is 32.9. The first-order chi connectivity index (χ1) is 17.8. The van der Waals surface area contributed by atoms with Crippen molar-refractivity contribution in [3.8, 4) is 11.5 Å². The van der Waals surface area contributed by atoms with Crippen LogP contribution in [-0.2, 0) is 9.59 Å². The lowest BCUT2D eigenvalue weighted by Gasteiger charge is -2.24. The van der Waals surface area contributed by atoms with E-state index in [0.29, 0.717) is 44.9 Å². The van der Waals surface area contributed by atoms with Gasteiger partial charge in [-0.05, 0) is 49.7 Å². The van der Waals surface area contributed by atoms with Gasteiger partial charge >= 0.3 is 5.91 Å². The predicted molar refractivity (Wildman–Crippen MR) is 145 cm³/mol. The third kappa shape index (κ3) is 4.43. The van der Waals surface area contributed by atoms with Crippen LogP contribution in [0.1, 0.15) is 29.7 Å². The van der Waals surface area contributed by atoms with Gasteiger partial charge in [0.2, 0.25) is 0 Å². The molecular weight excluding hydrogens is 512 g/mol. The lowest BCUT2D eigenvalue weighted by Crippen LogP contribution is -2.29. The van der Waals surface area contributed by atoms with Gasteiger partial charge in [0.15, 0.2) is 16.6 Å². The van der Waals surface area contributed by atoms with Crippen LogP contribution in [0.3, 0.4) is 0 Å². The quantitative estimate of drug-likeness (QED) is 0.178. The Hall–Kier alpha value is -3.88. The van der Waals surface area contributed by atoms with Crippen LogP contribution in [0.25, 0.3) is 16.0 Å². The molecule has 4 aromatic rings. The maximum atomic E-state index is 13.5. The van der Waals surface area contributed by atoms with Crippen LogP contribution in [0.15, 0.2) is 66.2 Å². The Balaban J connectivity index is 1.73. The van der Waals surface area contributed by atoms with Crippen molar-refractivity contribution < 1.29 is 24.2 Å². The standard InChI is InChI=1S/C28H23ClN2O5S/c1-4-36-20-12-9-17(13-21(20)35-3)24-23(25(32)16-7-5-15(2)6-8-16)26(33)27(34)31(24)28-30-19-11-10-18(29)14-22(19)37-28/h5-14,24,32H,4H2,1-3H3. The Bertz CT molecular complexity index is 1560. The molecule has 0 bridgehead atoms. The monoisotopic (exact) mass is 534 g/mol. The van der Waals surface area contributed by atoms with Gasteiger partial charge in [-0.25, -0.2) is 4.98 Å². The maximum Gasteiger partial charge on any atom is 0.301 e. The topological polar surface area (TPSA) is 89.0 Å². The molecule has 0 saturated carbocycles. The number of aliphatic hydroxyl groups excluding tert-OH is 1. The number of Topliss-reactive ketones (excluding diaryl/α,β-unsaturated/α-hetero) is 1. The van der Waals surface area contributed by atoms with E-state index in [4.69, 9.17) is 21.1 Å². The van der Waals surface area contributed by atoms with E-state index in [1.54, 1.807) is 48.5 Å². The Morgan fingerprint density at radius 1 is 1.08 bits per heavy atom. The summed E-state index contributed by atoms with van der Waals surface area (Å²) in [6.07, 6.45) is 0. The van der Waals surface area contributed by atoms with Crippen LogP contribution in [0.4, 0.5) is 5.13 Å². The number of halogens is 1. The Kier molecular flexibility index (Phi) is 6.62. The number of rotatable bonds is 6. The number of methoxy groups -OCH3 is 1. The molecule has 1 atom stereocenters. The highest BCUT2D eigenvalue weighted by molar-refractivity contribution is 7.22. The molecule has 7 nitrogen and oxygen atoms in total. The van der Waals surface area contributed by atoms with Crippen molar-refractivity contribution >= 4 is 55.7 Å². The lowest BCUT2D eigenvalue weighted by molar-refractivity contribution is -0.132. The summed E-state index contributed by atoms with van der Waals surface area (Å²) < 4.78 is 11.9. The van der Waals surface area contributed by atoms with Crippen LogP contribution in [-0.4, -0.2) is 35.5 Å². The first-order valence-electron chi connectivity index (χ1n) is 11.6. The van der Waals surface area contributed by atoms with Crippen molar-refractivity contribution in [2.75, 3.05) is 18.6 Å². The van der Waals surface area contributed by atoms with Gasteiger partial charge < -0.3 is 14.6 Å². The second-order valence-corrected chi connectivity index (χ2v) is 9.93. The average Bonchev–Trinajstić information content (AvgIpc) is 3.42. The number of aromatic nitrogens is 1. The molecule has 1 aliphatic rings. The molecule has 1 fully saturated rings. The van der Waals surface area contributed by atoms with E-state index in [2.05, 4.69) is 4.98 Å². The number of carbonyl (C=O) groups is 2. The molecule has 9 heteroatoms. The van der Waals surface area contributed by atoms with Crippen molar-refractivity contribution in [2.24, 2.45) is 0 Å². The SMILES string of the molecule is CCOc1ccc(C2C(=C(O)c3ccc(C)cc3)C(=O)C(=O)N2c2nc3ccc(Cl)cc3s2)cc1OC. The largest absolute Gasteiger partial charge is 0.507 e. The highest BCUT2D eigenvalue weighted by Gasteiger charge is 2.48. The molecule has 3 aromatic carbocycles. The molecule has 1 unspecified atom stereocenters. The van der Waals surface area contributed by atoms with Gasteiger partial charge in [0, 0.05) is 10.6 Å². The van der Waals surface area contributed by atoms with Gasteiger partial charge in [-0.3, -0.25) is 14.5 Å². The summed E-state index contributed by atoms with van der Waals surface area (Å²) >= 11 is 7.40. The maximum absolute atomic E-state index is 13.5. The number of anilines is 1. The molecule has 0 radical (unpaired) electrons. The molecule has 1 aromatic heterocycles. The van der Waals surface area contributed by atoms with Crippen molar-refractivity contribution in [2.45, 2.75) is 19.9 Å². The van der Waals surface area contributed by atoms with Crippen LogP contribution in [0.2, 0.25) is 5.02 Å². The van der Waals surface area contributed by atoms with E-state index < -0.39 is 17.7 Å². The second-order valence-electron chi connectivity index (χ2n) is 8.49. The van der Waals surface area contributed by atoms with E-state index in [1.165, 1.54) is 23.3 Å². The van der Waals surface area contributed by atoms with Crippen molar-refractivity contribution in [3.05, 3.63) is 87.9 Å². The van der Waals surface area contributed by atoms with Crippen molar-refractivity contribution in [3.63, 3.8) is 0 Å². The summed E-state index contributed by atoms with van der Waals surface area (Å²) in [7, 11) is 1.52. The number of hydrogen-bond acceptors (Lipinski definition) is 7. The average molecular weight is 535 g/mol. The van der Waals surface area contributed by atoms with Crippen LogP contribution in [0, 0.1) is 6.92 Å². The van der Waals surface area contributed by atoms with Crippen molar-refractivity contribution in [1.29, 1.82) is 0 Å². The number of carbonyl (C=O) groups excluding carboxylic acids is 2. The first-order valence-corrected chi connectivity index (χ1v) is 12.8. The summed E-state index contributed by atoms with van der Waals surface area (Å²) in [5.41, 5.74) is 2.61. The number of thiazole rings is 1. The predicted octanol–water partition coefficient (Wildman–Crippen LogP) is 6.29. The summed E-state index contributed by atoms with van der Waals surface area (Å²) in [5.74, 6) is -0.872. The Morgan fingerprint density at radius 2 is 1.84 bits per heavy atom. The summed E-state index contributed by atoms with van der Waals surface area (Å²) in [5, 5.41) is 12.2. The van der Waals surface area contributed by atoms with Gasteiger partial charge in [0.1, 0.15) is 5.76 Å². The summed E-state index contributed by atoms with van der Waals surface area (Å²) in [6, 6.07) is 16.6. The highest BCUT2D eigenvalue weighted by atomic mass is 35.5. The smallest absolute Gasteiger partial charge is 0.301 e. The number of ketones is 1. The third-order valence-corrected chi connectivity index (χ3v) is 7.37. The highest BCUT2D eigenvalue weighted by Crippen LogP contribution is 2.46. The zero-order chi connectivity index (χ0) is 26.3. The number of ether oxygens (including phenoxy) is 2. The van der Waals surface area contributed by atoms with E-state index in [9.17, 15) is 14.7 Å². The van der Waals surface area contributed by atoms with Gasteiger partial charge in [0.25, 0.3) is 5.78 Å². The number of hydrogen-bond donors (Lipinski definition) is 1. The van der Waals surface area contributed by atoms with Crippen LogP contribution in [0.5, 0.6) is 11.5 Å². The van der Waals surface area contributed by atoms with Crippen LogP contribution < -0.4 is 14.4 Å². The van der Waals surface area contributed by atoms with E-state index >= 15 is 0 Å². The van der Waals surface area contributed by atoms with E-state index in [1.807, 2.05) is 26.0 Å². The molecule has 0 spiro atoms. The second kappa shape index (κ2) is 9.88. The van der Waals surface area contributed by atoms with Gasteiger partial charge in [0.05, 0.1) is 35.5 Å². The van der Waals surface area contributed by atoms with E-state index in [-0.39, 0.29) is 11.3 Å². The number of fused-ring (bicyclic) bond motifs is 1. The first kappa shape index (κ1) is 24.8. The van der Waals surface area contributed by atoms with Gasteiger partial charge in [-0.15, -0.1) is 0 Å². The molecule has 1 N–H and O–H groups in total. The minimum Gasteiger partial charge on any atom is -0.507 e. The fraction of sp³-hybridized carbons (Fsp3) is 0.179. The Labute approximate surface area is 222 Å². The molecule has 188 valence electrons. The zero-order valence-electron chi connectivity index (χ0n) is 20.3. The van der Waals surface area contributed by atoms with Crippen molar-refractivity contribution in [1.82, 2.24) is 4.98 Å². The number of benzene rings is 3. The fourth-order valence-electron chi connectivity index (χ4n) is 4.33. The molecule has 0 aliphatic carbocycles. The van der Waals surface area contributed by atoms with Gasteiger partial charge in [-0.2, -0.15) is 0 Å². The number of nitrogens with zero attached hydrogens (tertiary/aromatic N) is 2. The Morgan fingerprint density at radius 3 is 2.54 bits per heavy atom. The number of aliphatic hydroxyl groups is 1. The minimum absolute atomic E-state index is 0.0302. The van der Waals surface area contributed by atoms with Crippen LogP contribution >= 0.6 is 22.9 Å². The zero-order valence-corrected chi connectivity index (χ0v) is 21.9. The molecule has 5 rings (SSSR count). The molecular formula is C28H23ClN2O5S. The normalized spacial score (nSPS) is 17.0. The molecule has 1 amide bonds. The molecule has 1 aliphatic heterocycles. The number of amides is 1. The minimum atomic E-state index is -0.943. The summed E-state index contributed by atoms with van der Waals surface area (Å²) in [6.45, 7) is 4.23. The lowest BCUT2D eigenvalue weighted by atomic mass is 9.95.